The summed E-state index contributed by atoms with van der Waals surface area (Å²) in [6.07, 6.45) is 0.482. The maximum Gasteiger partial charge on any atom is 0.356 e. The van der Waals surface area contributed by atoms with Gasteiger partial charge in [-0.25, -0.2) is 8.42 Å². The first-order valence-corrected chi connectivity index (χ1v) is 8.56. The van der Waals surface area contributed by atoms with Crippen molar-refractivity contribution in [2.24, 2.45) is 0 Å². The molecular formula is C8H7Cl2F2NO4S2. The number of benzene rings is 1. The molecule has 0 amide bonds. The van der Waals surface area contributed by atoms with E-state index in [0.29, 0.717) is 6.26 Å². The molecule has 0 fully saturated rings. The van der Waals surface area contributed by atoms with E-state index in [1.165, 1.54) is 0 Å². The van der Waals surface area contributed by atoms with Crippen LogP contribution in [0.1, 0.15) is 0 Å². The summed E-state index contributed by atoms with van der Waals surface area (Å²) in [5.41, 5.74) is -0.544. The molecule has 0 radical (unpaired) electrons. The molecule has 1 aromatic rings. The van der Waals surface area contributed by atoms with E-state index in [0.717, 1.165) is 18.2 Å². The number of halogens is 4. The Morgan fingerprint density at radius 1 is 1.11 bits per heavy atom. The van der Waals surface area contributed by atoms with Crippen LogP contribution in [0.3, 0.4) is 0 Å². The topological polar surface area (TPSA) is 71.5 Å². The summed E-state index contributed by atoms with van der Waals surface area (Å²) in [7, 11) is -9.86. The molecule has 0 saturated carbocycles. The summed E-state index contributed by atoms with van der Waals surface area (Å²) in [6, 6.07) is 2.92. The van der Waals surface area contributed by atoms with Crippen molar-refractivity contribution in [1.82, 2.24) is 0 Å². The fourth-order valence-corrected chi connectivity index (χ4v) is 4.24. The maximum atomic E-state index is 12.5. The fraction of sp³-hybridized carbons (Fsp3) is 0.250. The normalized spacial score (nSPS) is 12.7. The van der Waals surface area contributed by atoms with Crippen LogP contribution < -0.4 is 3.71 Å². The van der Waals surface area contributed by atoms with E-state index in [4.69, 9.17) is 23.2 Å². The van der Waals surface area contributed by atoms with Crippen LogP contribution in [0, 0.1) is 0 Å². The van der Waals surface area contributed by atoms with Gasteiger partial charge in [0.1, 0.15) is 0 Å². The predicted octanol–water partition coefficient (Wildman–Crippen LogP) is 2.31. The third kappa shape index (κ3) is 3.47. The Morgan fingerprint density at radius 2 is 1.63 bits per heavy atom. The molecule has 0 atom stereocenters. The molecule has 0 unspecified atom stereocenters. The highest BCUT2D eigenvalue weighted by Gasteiger charge is 2.38. The molecule has 1 aromatic carbocycles. The van der Waals surface area contributed by atoms with Crippen LogP contribution in [-0.2, 0) is 20.0 Å². The zero-order chi connectivity index (χ0) is 15.0. The minimum atomic E-state index is -5.37. The lowest BCUT2D eigenvalue weighted by molar-refractivity contribution is 0.235. The number of hydrogen-bond donors (Lipinski definition) is 0. The molecule has 0 heterocycles. The molecule has 19 heavy (non-hydrogen) atoms. The lowest BCUT2D eigenvalue weighted by atomic mass is 10.3. The summed E-state index contributed by atoms with van der Waals surface area (Å²) in [4.78, 5) is 0. The lowest BCUT2D eigenvalue weighted by Gasteiger charge is -2.21. The first kappa shape index (κ1) is 16.4. The van der Waals surface area contributed by atoms with E-state index < -0.39 is 31.5 Å². The van der Waals surface area contributed by atoms with Crippen molar-refractivity contribution in [3.05, 3.63) is 28.2 Å². The van der Waals surface area contributed by atoms with Crippen molar-refractivity contribution >= 4 is 48.9 Å². The highest BCUT2D eigenvalue weighted by molar-refractivity contribution is 8.10. The Balaban J connectivity index is 3.56. The van der Waals surface area contributed by atoms with Gasteiger partial charge in [-0.1, -0.05) is 23.2 Å². The predicted molar refractivity (Wildman–Crippen MR) is 68.7 cm³/mol. The second-order valence-corrected chi connectivity index (χ2v) is 7.99. The molecule has 0 saturated heterocycles. The van der Waals surface area contributed by atoms with Gasteiger partial charge in [0.2, 0.25) is 10.0 Å². The second kappa shape index (κ2) is 5.39. The summed E-state index contributed by atoms with van der Waals surface area (Å²) in [5.74, 6) is -3.89. The highest BCUT2D eigenvalue weighted by atomic mass is 35.5. The van der Waals surface area contributed by atoms with Gasteiger partial charge in [-0.2, -0.15) is 20.9 Å². The highest BCUT2D eigenvalue weighted by Crippen LogP contribution is 2.31. The van der Waals surface area contributed by atoms with Gasteiger partial charge in [-0.15, -0.1) is 0 Å². The molecule has 0 N–H and O–H groups in total. The van der Waals surface area contributed by atoms with Gasteiger partial charge >= 0.3 is 15.8 Å². The molecule has 0 spiro atoms. The molecular weight excluding hydrogens is 347 g/mol. The van der Waals surface area contributed by atoms with Crippen molar-refractivity contribution < 1.29 is 25.6 Å². The first-order valence-electron chi connectivity index (χ1n) is 4.45. The molecule has 11 heteroatoms. The minimum Gasteiger partial charge on any atom is -0.206 e. The summed E-state index contributed by atoms with van der Waals surface area (Å²) >= 11 is 11.2. The fourth-order valence-electron chi connectivity index (χ4n) is 1.20. The van der Waals surface area contributed by atoms with Crippen LogP contribution in [0.15, 0.2) is 18.2 Å². The molecule has 1 rings (SSSR count). The molecule has 0 aliphatic carbocycles. The molecule has 0 aromatic heterocycles. The van der Waals surface area contributed by atoms with E-state index >= 15 is 0 Å². The Kier molecular flexibility index (Phi) is 4.66. The van der Waals surface area contributed by atoms with Crippen LogP contribution in [0.4, 0.5) is 14.5 Å². The first-order chi connectivity index (χ1) is 8.48. The van der Waals surface area contributed by atoms with Gasteiger partial charge < -0.3 is 0 Å². The Hall–Kier alpha value is -0.640. The molecule has 0 bridgehead atoms. The number of anilines is 1. The van der Waals surface area contributed by atoms with Crippen molar-refractivity contribution in [3.8, 4) is 0 Å². The molecule has 0 aliphatic rings. The van der Waals surface area contributed by atoms with Crippen LogP contribution >= 0.6 is 23.2 Å². The Morgan fingerprint density at radius 3 is 2.00 bits per heavy atom. The van der Waals surface area contributed by atoms with Gasteiger partial charge in [0.25, 0.3) is 0 Å². The lowest BCUT2D eigenvalue weighted by Crippen LogP contribution is -2.39. The zero-order valence-corrected chi connectivity index (χ0v) is 12.4. The molecule has 0 aliphatic heterocycles. The SMILES string of the molecule is CS(=O)(=O)N(c1ccc(Cl)c(Cl)c1)S(=O)(=O)C(F)F. The average Bonchev–Trinajstić information content (AvgIpc) is 2.20. The summed E-state index contributed by atoms with van der Waals surface area (Å²) < 4.78 is 70.3. The van der Waals surface area contributed by atoms with Crippen molar-refractivity contribution in [1.29, 1.82) is 0 Å². The number of rotatable bonds is 4. The van der Waals surface area contributed by atoms with Gasteiger partial charge in [-0.3, -0.25) is 0 Å². The number of alkyl halides is 2. The second-order valence-electron chi connectivity index (χ2n) is 3.36. The number of nitrogens with zero attached hydrogens (tertiary/aromatic N) is 1. The van der Waals surface area contributed by atoms with Gasteiger partial charge in [0, 0.05) is 0 Å². The molecule has 5 nitrogen and oxygen atoms in total. The minimum absolute atomic E-state index is 0.0216. The van der Waals surface area contributed by atoms with Crippen molar-refractivity contribution in [2.45, 2.75) is 5.76 Å². The quantitative estimate of drug-likeness (QED) is 0.832. The maximum absolute atomic E-state index is 12.5. The van der Waals surface area contributed by atoms with Crippen LogP contribution in [0.2, 0.25) is 10.0 Å². The van der Waals surface area contributed by atoms with E-state index in [1.54, 1.807) is 0 Å². The van der Waals surface area contributed by atoms with Gasteiger partial charge in [0.15, 0.2) is 0 Å². The Labute approximate surface area is 118 Å². The standard InChI is InChI=1S/C8H7Cl2F2NO4S2/c1-18(14,15)13(19(16,17)8(11)12)5-2-3-6(9)7(10)4-5/h2-4,8H,1H3. The van der Waals surface area contributed by atoms with Crippen LogP contribution in [0.5, 0.6) is 0 Å². The van der Waals surface area contributed by atoms with Crippen molar-refractivity contribution in [2.75, 3.05) is 9.97 Å². The van der Waals surface area contributed by atoms with Gasteiger partial charge in [-0.05, 0) is 18.2 Å². The van der Waals surface area contributed by atoms with E-state index in [-0.39, 0.29) is 13.8 Å². The van der Waals surface area contributed by atoms with Crippen LogP contribution in [0.25, 0.3) is 0 Å². The largest absolute Gasteiger partial charge is 0.356 e. The van der Waals surface area contributed by atoms with E-state index in [9.17, 15) is 25.6 Å². The third-order valence-corrected chi connectivity index (χ3v) is 5.98. The van der Waals surface area contributed by atoms with Gasteiger partial charge in [0.05, 0.1) is 22.0 Å². The number of hydrogen-bond acceptors (Lipinski definition) is 4. The summed E-state index contributed by atoms with van der Waals surface area (Å²) in [6.45, 7) is 0. The third-order valence-electron chi connectivity index (χ3n) is 1.87. The zero-order valence-electron chi connectivity index (χ0n) is 9.22. The van der Waals surface area contributed by atoms with Crippen molar-refractivity contribution in [3.63, 3.8) is 0 Å². The molecule has 108 valence electrons. The Bertz CT molecular complexity index is 691. The smallest absolute Gasteiger partial charge is 0.206 e. The van der Waals surface area contributed by atoms with Crippen LogP contribution in [-0.4, -0.2) is 28.8 Å². The van der Waals surface area contributed by atoms with E-state index in [1.807, 2.05) is 0 Å². The monoisotopic (exact) mass is 353 g/mol. The number of sulfonamides is 2. The average molecular weight is 354 g/mol. The van der Waals surface area contributed by atoms with E-state index in [2.05, 4.69) is 0 Å². The summed E-state index contributed by atoms with van der Waals surface area (Å²) in [5, 5.41) is -0.148.